The summed E-state index contributed by atoms with van der Waals surface area (Å²) in [6.45, 7) is 2.14. The highest BCUT2D eigenvalue weighted by Gasteiger charge is 2.14. The fraction of sp³-hybridized carbons (Fsp3) is 0.176. The molecule has 20 heavy (non-hydrogen) atoms. The van der Waals surface area contributed by atoms with Gasteiger partial charge in [0.05, 0.1) is 0 Å². The molecule has 0 radical (unpaired) electrons. The van der Waals surface area contributed by atoms with Crippen LogP contribution in [0.4, 0.5) is 0 Å². The van der Waals surface area contributed by atoms with Crippen LogP contribution in [0.3, 0.4) is 0 Å². The van der Waals surface area contributed by atoms with E-state index in [2.05, 4.69) is 86.6 Å². The lowest BCUT2D eigenvalue weighted by molar-refractivity contribution is 0.959. The first-order chi connectivity index (χ1) is 9.65. The largest absolute Gasteiger partial charge is 0.142 e. The van der Waals surface area contributed by atoms with Gasteiger partial charge in [0.25, 0.3) is 0 Å². The van der Waals surface area contributed by atoms with Crippen molar-refractivity contribution in [1.29, 1.82) is 0 Å². The van der Waals surface area contributed by atoms with Crippen molar-refractivity contribution < 1.29 is 0 Å². The van der Waals surface area contributed by atoms with Gasteiger partial charge in [-0.1, -0.05) is 57.9 Å². The van der Waals surface area contributed by atoms with Crippen LogP contribution < -0.4 is 0 Å². The van der Waals surface area contributed by atoms with Gasteiger partial charge in [0.15, 0.2) is 0 Å². The van der Waals surface area contributed by atoms with E-state index < -0.39 is 0 Å². The lowest BCUT2D eigenvalue weighted by atomic mass is 10.0. The summed E-state index contributed by atoms with van der Waals surface area (Å²) in [6, 6.07) is 15.2. The number of benzene rings is 2. The zero-order valence-electron chi connectivity index (χ0n) is 11.1. The second-order valence-corrected chi connectivity index (χ2v) is 7.81. The molecule has 0 saturated carbocycles. The molecule has 1 unspecified atom stereocenters. The first-order valence-electron chi connectivity index (χ1n) is 6.50. The first kappa shape index (κ1) is 14.3. The Kier molecular flexibility index (Phi) is 4.29. The minimum Gasteiger partial charge on any atom is -0.142 e. The number of aryl methyl sites for hydroxylation is 1. The molecule has 2 aromatic carbocycles. The zero-order chi connectivity index (χ0) is 14.1. The van der Waals surface area contributed by atoms with Crippen LogP contribution in [-0.4, -0.2) is 0 Å². The van der Waals surface area contributed by atoms with Crippen molar-refractivity contribution in [3.8, 4) is 0 Å². The minimum atomic E-state index is 0.354. The van der Waals surface area contributed by atoms with Crippen LogP contribution in [0.2, 0.25) is 0 Å². The van der Waals surface area contributed by atoms with E-state index in [9.17, 15) is 0 Å². The molecule has 0 nitrogen and oxygen atoms in total. The Balaban J connectivity index is 1.93. The summed E-state index contributed by atoms with van der Waals surface area (Å²) in [5.41, 5.74) is 4.08. The summed E-state index contributed by atoms with van der Waals surface area (Å²) in [5, 5.41) is 3.61. The second-order valence-electron chi connectivity index (χ2n) is 4.97. The Bertz CT molecular complexity index is 746. The van der Waals surface area contributed by atoms with Crippen LogP contribution >= 0.6 is 43.2 Å². The molecule has 0 amide bonds. The molecule has 0 N–H and O–H groups in total. The van der Waals surface area contributed by atoms with Crippen molar-refractivity contribution in [1.82, 2.24) is 0 Å². The number of fused-ring (bicyclic) bond motifs is 1. The molecular formula is C17H14Br2S. The zero-order valence-corrected chi connectivity index (χ0v) is 15.1. The van der Waals surface area contributed by atoms with Crippen LogP contribution in [-0.2, 0) is 6.42 Å². The minimum absolute atomic E-state index is 0.354. The van der Waals surface area contributed by atoms with E-state index in [0.29, 0.717) is 4.83 Å². The lowest BCUT2D eigenvalue weighted by Gasteiger charge is -2.10. The Labute approximate surface area is 140 Å². The van der Waals surface area contributed by atoms with Gasteiger partial charge in [-0.15, -0.1) is 11.3 Å². The first-order valence-corrected chi connectivity index (χ1v) is 9.09. The van der Waals surface area contributed by atoms with E-state index >= 15 is 0 Å². The molecule has 1 atom stereocenters. The Morgan fingerprint density at radius 3 is 2.75 bits per heavy atom. The summed E-state index contributed by atoms with van der Waals surface area (Å²) in [5.74, 6) is 0. The van der Waals surface area contributed by atoms with E-state index in [1.807, 2.05) is 0 Å². The predicted molar refractivity (Wildman–Crippen MR) is 96.1 cm³/mol. The van der Waals surface area contributed by atoms with E-state index in [1.54, 1.807) is 11.3 Å². The van der Waals surface area contributed by atoms with Gasteiger partial charge in [-0.2, -0.15) is 0 Å². The molecule has 1 heterocycles. The van der Waals surface area contributed by atoms with Crippen molar-refractivity contribution in [3.63, 3.8) is 0 Å². The van der Waals surface area contributed by atoms with Crippen molar-refractivity contribution in [3.05, 3.63) is 69.0 Å². The number of hydrogen-bond acceptors (Lipinski definition) is 1. The average molecular weight is 410 g/mol. The molecule has 3 heteroatoms. The summed E-state index contributed by atoms with van der Waals surface area (Å²) in [6.07, 6.45) is 1.01. The smallest absolute Gasteiger partial charge is 0.0488 e. The molecule has 0 fully saturated rings. The summed E-state index contributed by atoms with van der Waals surface area (Å²) in [4.78, 5) is 0.354. The van der Waals surface area contributed by atoms with Crippen LogP contribution in [0.1, 0.15) is 21.5 Å². The highest BCUT2D eigenvalue weighted by Crippen LogP contribution is 2.39. The molecule has 0 spiro atoms. The quantitative estimate of drug-likeness (QED) is 0.424. The van der Waals surface area contributed by atoms with Crippen molar-refractivity contribution in [2.24, 2.45) is 0 Å². The van der Waals surface area contributed by atoms with Gasteiger partial charge < -0.3 is 0 Å². The van der Waals surface area contributed by atoms with Gasteiger partial charge in [0, 0.05) is 14.0 Å². The van der Waals surface area contributed by atoms with Crippen molar-refractivity contribution in [2.45, 2.75) is 18.2 Å². The van der Waals surface area contributed by atoms with Gasteiger partial charge >= 0.3 is 0 Å². The SMILES string of the molecule is Cc1cccc(CC(Br)c2csc3c(Br)cccc23)c1. The van der Waals surface area contributed by atoms with Gasteiger partial charge in [0.1, 0.15) is 0 Å². The molecule has 0 aliphatic heterocycles. The fourth-order valence-corrected chi connectivity index (χ4v) is 5.04. The maximum atomic E-state index is 3.86. The number of halogens is 2. The summed E-state index contributed by atoms with van der Waals surface area (Å²) < 4.78 is 2.51. The normalized spacial score (nSPS) is 12.8. The molecule has 3 aromatic rings. The Morgan fingerprint density at radius 1 is 1.15 bits per heavy atom. The van der Waals surface area contributed by atoms with Crippen LogP contribution in [0.5, 0.6) is 0 Å². The lowest BCUT2D eigenvalue weighted by Crippen LogP contribution is -1.94. The highest BCUT2D eigenvalue weighted by molar-refractivity contribution is 9.10. The molecule has 1 aromatic heterocycles. The third kappa shape index (κ3) is 2.85. The van der Waals surface area contributed by atoms with E-state index in [4.69, 9.17) is 0 Å². The summed E-state index contributed by atoms with van der Waals surface area (Å²) in [7, 11) is 0. The summed E-state index contributed by atoms with van der Waals surface area (Å²) >= 11 is 9.30. The molecule has 0 aliphatic carbocycles. The maximum absolute atomic E-state index is 3.86. The van der Waals surface area contributed by atoms with E-state index in [1.165, 1.54) is 31.2 Å². The standard InChI is InChI=1S/C17H14Br2S/c1-11-4-2-5-12(8-11)9-16(19)14-10-20-17-13(14)6-3-7-15(17)18/h2-8,10,16H,9H2,1H3. The predicted octanol–water partition coefficient (Wildman–Crippen LogP) is 6.65. The van der Waals surface area contributed by atoms with E-state index in [-0.39, 0.29) is 0 Å². The van der Waals surface area contributed by atoms with Crippen molar-refractivity contribution >= 4 is 53.3 Å². The number of thiophene rings is 1. The Hall–Kier alpha value is -0.640. The monoisotopic (exact) mass is 408 g/mol. The molecule has 0 saturated heterocycles. The number of rotatable bonds is 3. The maximum Gasteiger partial charge on any atom is 0.0488 e. The molecular weight excluding hydrogens is 396 g/mol. The molecule has 102 valence electrons. The fourth-order valence-electron chi connectivity index (χ4n) is 2.44. The third-order valence-electron chi connectivity index (χ3n) is 3.42. The van der Waals surface area contributed by atoms with E-state index in [0.717, 1.165) is 6.42 Å². The van der Waals surface area contributed by atoms with Crippen molar-refractivity contribution in [2.75, 3.05) is 0 Å². The Morgan fingerprint density at radius 2 is 1.95 bits per heavy atom. The topological polar surface area (TPSA) is 0 Å². The van der Waals surface area contributed by atoms with Gasteiger partial charge in [-0.25, -0.2) is 0 Å². The number of hydrogen-bond donors (Lipinski definition) is 0. The van der Waals surface area contributed by atoms with Gasteiger partial charge in [0.2, 0.25) is 0 Å². The van der Waals surface area contributed by atoms with Crippen LogP contribution in [0.25, 0.3) is 10.1 Å². The van der Waals surface area contributed by atoms with Gasteiger partial charge in [-0.3, -0.25) is 0 Å². The number of alkyl halides is 1. The van der Waals surface area contributed by atoms with Crippen LogP contribution in [0, 0.1) is 6.92 Å². The second kappa shape index (κ2) is 6.00. The average Bonchev–Trinajstić information content (AvgIpc) is 2.84. The molecule has 0 aliphatic rings. The molecule has 0 bridgehead atoms. The van der Waals surface area contributed by atoms with Gasteiger partial charge in [-0.05, 0) is 57.2 Å². The molecule has 3 rings (SSSR count). The highest BCUT2D eigenvalue weighted by atomic mass is 79.9. The third-order valence-corrected chi connectivity index (χ3v) is 6.20. The van der Waals surface area contributed by atoms with Crippen LogP contribution in [0.15, 0.2) is 52.3 Å².